The van der Waals surface area contributed by atoms with Gasteiger partial charge in [0.15, 0.2) is 0 Å². The van der Waals surface area contributed by atoms with Gasteiger partial charge in [0, 0.05) is 0 Å². The van der Waals surface area contributed by atoms with E-state index in [1.54, 1.807) is 13.8 Å². The maximum atomic E-state index is 11.4. The number of ether oxygens (including phenoxy) is 2. The summed E-state index contributed by atoms with van der Waals surface area (Å²) in [6.45, 7) is 7.42. The Labute approximate surface area is 96.5 Å². The van der Waals surface area contributed by atoms with Crippen LogP contribution in [0.4, 0.5) is 4.79 Å². The van der Waals surface area contributed by atoms with E-state index in [4.69, 9.17) is 4.74 Å². The summed E-state index contributed by atoms with van der Waals surface area (Å²) >= 11 is 0. The Bertz CT molecular complexity index is 238. The van der Waals surface area contributed by atoms with Crippen LogP contribution >= 0.6 is 0 Å². The van der Waals surface area contributed by atoms with E-state index in [0.29, 0.717) is 6.42 Å². The summed E-state index contributed by atoms with van der Waals surface area (Å²) in [5.41, 5.74) is 0. The van der Waals surface area contributed by atoms with Crippen molar-refractivity contribution < 1.29 is 19.1 Å². The van der Waals surface area contributed by atoms with Crippen molar-refractivity contribution in [3.8, 4) is 0 Å². The van der Waals surface area contributed by atoms with E-state index in [-0.39, 0.29) is 12.0 Å². The van der Waals surface area contributed by atoms with Gasteiger partial charge in [-0.15, -0.1) is 0 Å². The lowest BCUT2D eigenvalue weighted by Crippen LogP contribution is -2.43. The Morgan fingerprint density at radius 1 is 1.19 bits per heavy atom. The molecule has 0 aromatic rings. The number of hydrogen-bond donors (Lipinski definition) is 1. The minimum atomic E-state index is -0.642. The zero-order chi connectivity index (χ0) is 12.7. The predicted octanol–water partition coefficient (Wildman–Crippen LogP) is 1.71. The number of nitrogens with one attached hydrogen (secondary N) is 1. The molecule has 0 radical (unpaired) electrons. The van der Waals surface area contributed by atoms with E-state index in [2.05, 4.69) is 10.1 Å². The standard InChI is InChI=1S/C11H21NO4/c1-7(2)6-9(10(13)15-5)12-11(14)16-8(3)4/h7-9H,6H2,1-5H3,(H,12,14). The van der Waals surface area contributed by atoms with E-state index in [0.717, 1.165) is 0 Å². The molecule has 1 atom stereocenters. The van der Waals surface area contributed by atoms with Crippen LogP contribution < -0.4 is 5.32 Å². The molecule has 0 aromatic carbocycles. The molecule has 16 heavy (non-hydrogen) atoms. The molecular weight excluding hydrogens is 210 g/mol. The number of esters is 1. The van der Waals surface area contributed by atoms with E-state index in [9.17, 15) is 9.59 Å². The molecule has 0 rings (SSSR count). The van der Waals surface area contributed by atoms with Crippen molar-refractivity contribution in [2.45, 2.75) is 46.3 Å². The van der Waals surface area contributed by atoms with Gasteiger partial charge in [-0.1, -0.05) is 13.8 Å². The van der Waals surface area contributed by atoms with Gasteiger partial charge in [0.2, 0.25) is 0 Å². The van der Waals surface area contributed by atoms with Gasteiger partial charge in [-0.25, -0.2) is 9.59 Å². The van der Waals surface area contributed by atoms with Gasteiger partial charge >= 0.3 is 12.1 Å². The molecule has 0 aromatic heterocycles. The number of alkyl carbamates (subject to hydrolysis) is 1. The predicted molar refractivity (Wildman–Crippen MR) is 60.0 cm³/mol. The van der Waals surface area contributed by atoms with Crippen LogP contribution in [-0.2, 0) is 14.3 Å². The third kappa shape index (κ3) is 6.27. The number of carbonyl (C=O) groups is 2. The molecule has 5 nitrogen and oxygen atoms in total. The second-order valence-corrected chi connectivity index (χ2v) is 4.30. The van der Waals surface area contributed by atoms with Crippen molar-refractivity contribution in [2.24, 2.45) is 5.92 Å². The summed E-state index contributed by atoms with van der Waals surface area (Å²) in [6, 6.07) is -0.642. The Hall–Kier alpha value is -1.26. The van der Waals surface area contributed by atoms with Crippen molar-refractivity contribution >= 4 is 12.1 Å². The first kappa shape index (κ1) is 14.7. The highest BCUT2D eigenvalue weighted by atomic mass is 16.6. The summed E-state index contributed by atoms with van der Waals surface area (Å²) in [4.78, 5) is 22.7. The molecule has 94 valence electrons. The fourth-order valence-corrected chi connectivity index (χ4v) is 1.22. The number of methoxy groups -OCH3 is 1. The van der Waals surface area contributed by atoms with Crippen LogP contribution in [0.25, 0.3) is 0 Å². The van der Waals surface area contributed by atoms with E-state index in [1.807, 2.05) is 13.8 Å². The maximum Gasteiger partial charge on any atom is 0.408 e. The van der Waals surface area contributed by atoms with Crippen molar-refractivity contribution in [1.29, 1.82) is 0 Å². The van der Waals surface area contributed by atoms with Crippen molar-refractivity contribution in [3.63, 3.8) is 0 Å². The minimum absolute atomic E-state index is 0.211. The molecule has 0 saturated carbocycles. The molecule has 1 N–H and O–H groups in total. The van der Waals surface area contributed by atoms with Crippen LogP contribution in [0.2, 0.25) is 0 Å². The molecule has 0 spiro atoms. The van der Waals surface area contributed by atoms with Gasteiger partial charge < -0.3 is 14.8 Å². The second-order valence-electron chi connectivity index (χ2n) is 4.30. The number of rotatable bonds is 5. The summed E-state index contributed by atoms with van der Waals surface area (Å²) in [5, 5.41) is 2.49. The van der Waals surface area contributed by atoms with Crippen molar-refractivity contribution in [2.75, 3.05) is 7.11 Å². The molecule has 0 bridgehead atoms. The zero-order valence-corrected chi connectivity index (χ0v) is 10.6. The maximum absolute atomic E-state index is 11.4. The monoisotopic (exact) mass is 231 g/mol. The molecule has 0 fully saturated rings. The highest BCUT2D eigenvalue weighted by molar-refractivity contribution is 5.81. The van der Waals surface area contributed by atoms with Gasteiger partial charge in [0.25, 0.3) is 0 Å². The lowest BCUT2D eigenvalue weighted by Gasteiger charge is -2.18. The molecule has 1 amide bonds. The lowest BCUT2D eigenvalue weighted by molar-refractivity contribution is -0.143. The molecule has 5 heteroatoms. The summed E-state index contributed by atoms with van der Waals surface area (Å²) in [7, 11) is 1.30. The molecule has 0 aliphatic heterocycles. The highest BCUT2D eigenvalue weighted by Gasteiger charge is 2.23. The third-order valence-corrected chi connectivity index (χ3v) is 1.83. The van der Waals surface area contributed by atoms with Gasteiger partial charge in [-0.2, -0.15) is 0 Å². The number of hydrogen-bond acceptors (Lipinski definition) is 4. The highest BCUT2D eigenvalue weighted by Crippen LogP contribution is 2.06. The lowest BCUT2D eigenvalue weighted by atomic mass is 10.0. The quantitative estimate of drug-likeness (QED) is 0.731. The molecule has 1 unspecified atom stereocenters. The van der Waals surface area contributed by atoms with Gasteiger partial charge in [0.05, 0.1) is 13.2 Å². The van der Waals surface area contributed by atoms with Crippen LogP contribution in [0, 0.1) is 5.92 Å². The summed E-state index contributed by atoms with van der Waals surface area (Å²) in [5.74, 6) is -0.169. The molecule has 0 aliphatic rings. The van der Waals surface area contributed by atoms with Crippen molar-refractivity contribution in [3.05, 3.63) is 0 Å². The molecular formula is C11H21NO4. The Balaban J connectivity index is 4.31. The average molecular weight is 231 g/mol. The van der Waals surface area contributed by atoms with Crippen LogP contribution in [0.5, 0.6) is 0 Å². The van der Waals surface area contributed by atoms with E-state index >= 15 is 0 Å². The SMILES string of the molecule is COC(=O)C(CC(C)C)NC(=O)OC(C)C. The third-order valence-electron chi connectivity index (χ3n) is 1.83. The number of carbonyl (C=O) groups excluding carboxylic acids is 2. The van der Waals surface area contributed by atoms with Gasteiger partial charge in [-0.3, -0.25) is 0 Å². The minimum Gasteiger partial charge on any atom is -0.467 e. The Kier molecular flexibility index (Phi) is 6.53. The zero-order valence-electron chi connectivity index (χ0n) is 10.6. The van der Waals surface area contributed by atoms with Crippen LogP contribution in [0.15, 0.2) is 0 Å². The molecule has 0 aliphatic carbocycles. The van der Waals surface area contributed by atoms with E-state index in [1.165, 1.54) is 7.11 Å². The van der Waals surface area contributed by atoms with Crippen molar-refractivity contribution in [1.82, 2.24) is 5.32 Å². The summed E-state index contributed by atoms with van der Waals surface area (Å²) < 4.78 is 9.51. The smallest absolute Gasteiger partial charge is 0.408 e. The van der Waals surface area contributed by atoms with Crippen LogP contribution in [0.1, 0.15) is 34.1 Å². The first-order valence-corrected chi connectivity index (χ1v) is 5.41. The average Bonchev–Trinajstić information content (AvgIpc) is 2.13. The van der Waals surface area contributed by atoms with Gasteiger partial charge in [0.1, 0.15) is 6.04 Å². The van der Waals surface area contributed by atoms with Gasteiger partial charge in [-0.05, 0) is 26.2 Å². The largest absolute Gasteiger partial charge is 0.467 e. The van der Waals surface area contributed by atoms with Crippen LogP contribution in [0.3, 0.4) is 0 Å². The Morgan fingerprint density at radius 3 is 2.12 bits per heavy atom. The Morgan fingerprint density at radius 2 is 1.75 bits per heavy atom. The summed E-state index contributed by atoms with van der Waals surface area (Å²) in [6.07, 6.45) is -0.275. The normalized spacial score (nSPS) is 12.4. The molecule has 0 saturated heterocycles. The van der Waals surface area contributed by atoms with Crippen LogP contribution in [-0.4, -0.2) is 31.3 Å². The molecule has 0 heterocycles. The topological polar surface area (TPSA) is 64.6 Å². The number of amides is 1. The first-order valence-electron chi connectivity index (χ1n) is 5.41. The van der Waals surface area contributed by atoms with E-state index < -0.39 is 18.1 Å². The second kappa shape index (κ2) is 7.09. The first-order chi connectivity index (χ1) is 7.36. The fraction of sp³-hybridized carbons (Fsp3) is 0.818. The fourth-order valence-electron chi connectivity index (χ4n) is 1.22.